The third-order valence-electron chi connectivity index (χ3n) is 2.77. The number of aliphatic carboxylic acids is 1. The Bertz CT molecular complexity index is 558. The molecule has 0 fully saturated rings. The molecule has 4 nitrogen and oxygen atoms in total. The smallest absolute Gasteiger partial charge is 0.311 e. The summed E-state index contributed by atoms with van der Waals surface area (Å²) in [5.41, 5.74) is 4.32. The van der Waals surface area contributed by atoms with Crippen molar-refractivity contribution in [3.8, 4) is 11.3 Å². The second kappa shape index (κ2) is 4.41. The van der Waals surface area contributed by atoms with Gasteiger partial charge in [-0.25, -0.2) is 4.98 Å². The predicted molar refractivity (Wildman–Crippen MR) is 64.8 cm³/mol. The minimum atomic E-state index is -0.883. The van der Waals surface area contributed by atoms with Crippen molar-refractivity contribution in [1.29, 1.82) is 0 Å². The maximum atomic E-state index is 10.6. The second-order valence-corrected chi connectivity index (χ2v) is 4.11. The lowest BCUT2D eigenvalue weighted by Crippen LogP contribution is -2.01. The molecule has 0 bridgehead atoms. The molecule has 0 saturated carbocycles. The molecule has 2 aromatic rings. The highest BCUT2D eigenvalue weighted by atomic mass is 16.4. The molecule has 2 N–H and O–H groups in total. The molecular weight excluding hydrogens is 216 g/mol. The first-order valence-electron chi connectivity index (χ1n) is 5.39. The summed E-state index contributed by atoms with van der Waals surface area (Å²) in [6.07, 6.45) is 1.59. The van der Waals surface area contributed by atoms with Gasteiger partial charge in [-0.2, -0.15) is 0 Å². The number of aromatic amines is 1. The molecule has 0 aliphatic rings. The van der Waals surface area contributed by atoms with Gasteiger partial charge in [-0.05, 0) is 36.6 Å². The normalized spacial score (nSPS) is 10.5. The fourth-order valence-electron chi connectivity index (χ4n) is 1.65. The zero-order valence-corrected chi connectivity index (χ0v) is 9.82. The molecule has 2 rings (SSSR count). The lowest BCUT2D eigenvalue weighted by molar-refractivity contribution is -0.136. The molecular formula is C13H14N2O2. The van der Waals surface area contributed by atoms with Crippen LogP contribution in [0.15, 0.2) is 24.4 Å². The molecule has 1 heterocycles. The van der Waals surface area contributed by atoms with E-state index < -0.39 is 5.97 Å². The highest BCUT2D eigenvalue weighted by Gasteiger charge is 2.07. The molecule has 0 unspecified atom stereocenters. The van der Waals surface area contributed by atoms with E-state index in [-0.39, 0.29) is 6.42 Å². The fourth-order valence-corrected chi connectivity index (χ4v) is 1.65. The van der Waals surface area contributed by atoms with Gasteiger partial charge in [-0.3, -0.25) is 4.79 Å². The molecule has 0 radical (unpaired) electrons. The summed E-state index contributed by atoms with van der Waals surface area (Å²) in [7, 11) is 0. The number of nitrogens with one attached hydrogen (secondary N) is 1. The van der Waals surface area contributed by atoms with Crippen molar-refractivity contribution < 1.29 is 9.90 Å². The minimum absolute atomic E-state index is 0.0785. The van der Waals surface area contributed by atoms with Crippen molar-refractivity contribution in [3.63, 3.8) is 0 Å². The van der Waals surface area contributed by atoms with E-state index in [1.807, 2.05) is 19.1 Å². The summed E-state index contributed by atoms with van der Waals surface area (Å²) in [5, 5.41) is 8.67. The number of carboxylic acid groups (broad SMARTS) is 1. The molecule has 0 saturated heterocycles. The summed E-state index contributed by atoms with van der Waals surface area (Å²) in [5.74, 6) is -0.406. The number of carbonyl (C=O) groups is 1. The van der Waals surface area contributed by atoms with Crippen molar-refractivity contribution in [2.45, 2.75) is 20.3 Å². The van der Waals surface area contributed by atoms with Gasteiger partial charge < -0.3 is 10.1 Å². The van der Waals surface area contributed by atoms with Crippen molar-refractivity contribution in [2.24, 2.45) is 0 Å². The van der Waals surface area contributed by atoms with Crippen LogP contribution in [0.5, 0.6) is 0 Å². The number of hydrogen-bond donors (Lipinski definition) is 2. The van der Waals surface area contributed by atoms with E-state index in [4.69, 9.17) is 5.11 Å². The Morgan fingerprint density at radius 2 is 2.12 bits per heavy atom. The molecule has 1 aromatic carbocycles. The van der Waals surface area contributed by atoms with Crippen LogP contribution in [-0.4, -0.2) is 21.0 Å². The van der Waals surface area contributed by atoms with Crippen molar-refractivity contribution in [1.82, 2.24) is 9.97 Å². The van der Waals surface area contributed by atoms with Crippen LogP contribution in [0.1, 0.15) is 17.0 Å². The number of hydrogen-bond acceptors (Lipinski definition) is 2. The Morgan fingerprint density at radius 3 is 2.76 bits per heavy atom. The lowest BCUT2D eigenvalue weighted by Gasteiger charge is -2.02. The van der Waals surface area contributed by atoms with Crippen LogP contribution in [0, 0.1) is 13.8 Å². The van der Waals surface area contributed by atoms with Crippen LogP contribution in [-0.2, 0) is 11.2 Å². The van der Waals surface area contributed by atoms with Crippen molar-refractivity contribution >= 4 is 5.97 Å². The van der Waals surface area contributed by atoms with Crippen LogP contribution in [0.2, 0.25) is 0 Å². The Labute approximate surface area is 99.3 Å². The molecule has 1 aromatic heterocycles. The first-order chi connectivity index (χ1) is 8.06. The Morgan fingerprint density at radius 1 is 1.35 bits per heavy atom. The fraction of sp³-hybridized carbons (Fsp3) is 0.231. The van der Waals surface area contributed by atoms with Gasteiger partial charge in [0.2, 0.25) is 0 Å². The summed E-state index contributed by atoms with van der Waals surface area (Å²) >= 11 is 0. The summed E-state index contributed by atoms with van der Waals surface area (Å²) < 4.78 is 0. The number of nitrogens with zero attached hydrogens (tertiary/aromatic N) is 1. The molecule has 0 aliphatic heterocycles. The van der Waals surface area contributed by atoms with Gasteiger partial charge in [0.25, 0.3) is 0 Å². The summed E-state index contributed by atoms with van der Waals surface area (Å²) in [6, 6.07) is 6.11. The quantitative estimate of drug-likeness (QED) is 0.850. The number of carboxylic acids is 1. The zero-order valence-electron chi connectivity index (χ0n) is 9.82. The largest absolute Gasteiger partial charge is 0.481 e. The third kappa shape index (κ3) is 2.53. The second-order valence-electron chi connectivity index (χ2n) is 4.11. The van der Waals surface area contributed by atoms with E-state index in [1.165, 1.54) is 11.1 Å². The first kappa shape index (κ1) is 11.4. The SMILES string of the molecule is Cc1ccc(-c2cnc(CC(=O)O)[nH]2)cc1C. The molecule has 88 valence electrons. The van der Waals surface area contributed by atoms with Gasteiger partial charge in [0, 0.05) is 0 Å². The van der Waals surface area contributed by atoms with E-state index in [9.17, 15) is 4.79 Å². The lowest BCUT2D eigenvalue weighted by atomic mass is 10.1. The van der Waals surface area contributed by atoms with Gasteiger partial charge in [0.15, 0.2) is 0 Å². The Hall–Kier alpha value is -2.10. The van der Waals surface area contributed by atoms with E-state index in [1.54, 1.807) is 6.20 Å². The average Bonchev–Trinajstić information content (AvgIpc) is 2.69. The maximum Gasteiger partial charge on any atom is 0.311 e. The van der Waals surface area contributed by atoms with Gasteiger partial charge in [-0.15, -0.1) is 0 Å². The number of benzene rings is 1. The third-order valence-corrected chi connectivity index (χ3v) is 2.77. The van der Waals surface area contributed by atoms with E-state index in [2.05, 4.69) is 23.0 Å². The van der Waals surface area contributed by atoms with Crippen LogP contribution in [0.25, 0.3) is 11.3 Å². The maximum absolute atomic E-state index is 10.6. The molecule has 4 heteroatoms. The van der Waals surface area contributed by atoms with Gasteiger partial charge in [-0.1, -0.05) is 12.1 Å². The average molecular weight is 230 g/mol. The highest BCUT2D eigenvalue weighted by Crippen LogP contribution is 2.20. The summed E-state index contributed by atoms with van der Waals surface area (Å²) in [4.78, 5) is 17.6. The molecule has 0 aliphatic carbocycles. The van der Waals surface area contributed by atoms with Crippen molar-refractivity contribution in [2.75, 3.05) is 0 Å². The van der Waals surface area contributed by atoms with Crippen LogP contribution in [0.3, 0.4) is 0 Å². The van der Waals surface area contributed by atoms with Crippen LogP contribution >= 0.6 is 0 Å². The molecule has 0 atom stereocenters. The molecule has 0 amide bonds. The number of aryl methyl sites for hydroxylation is 2. The Balaban J connectivity index is 2.30. The number of aromatic nitrogens is 2. The number of H-pyrrole nitrogens is 1. The Kier molecular flexibility index (Phi) is 2.95. The number of rotatable bonds is 3. The van der Waals surface area contributed by atoms with E-state index >= 15 is 0 Å². The van der Waals surface area contributed by atoms with Crippen LogP contribution in [0.4, 0.5) is 0 Å². The molecule has 0 spiro atoms. The standard InChI is InChI=1S/C13H14N2O2/c1-8-3-4-10(5-9(8)2)11-7-14-12(15-11)6-13(16)17/h3-5,7H,6H2,1-2H3,(H,14,15)(H,16,17). The topological polar surface area (TPSA) is 66.0 Å². The van der Waals surface area contributed by atoms with Gasteiger partial charge in [0.1, 0.15) is 12.2 Å². The highest BCUT2D eigenvalue weighted by molar-refractivity contribution is 5.69. The van der Waals surface area contributed by atoms with Gasteiger partial charge >= 0.3 is 5.97 Å². The first-order valence-corrected chi connectivity index (χ1v) is 5.39. The summed E-state index contributed by atoms with van der Waals surface area (Å²) in [6.45, 7) is 4.11. The zero-order chi connectivity index (χ0) is 12.4. The molecule has 17 heavy (non-hydrogen) atoms. The van der Waals surface area contributed by atoms with Gasteiger partial charge in [0.05, 0.1) is 11.9 Å². The van der Waals surface area contributed by atoms with E-state index in [0.717, 1.165) is 11.3 Å². The number of imidazole rings is 1. The van der Waals surface area contributed by atoms with Crippen molar-refractivity contribution in [3.05, 3.63) is 41.3 Å². The monoisotopic (exact) mass is 230 g/mol. The minimum Gasteiger partial charge on any atom is -0.481 e. The van der Waals surface area contributed by atoms with Crippen LogP contribution < -0.4 is 0 Å². The predicted octanol–water partition coefficient (Wildman–Crippen LogP) is 2.32. The van der Waals surface area contributed by atoms with E-state index in [0.29, 0.717) is 5.82 Å².